The van der Waals surface area contributed by atoms with Crippen molar-refractivity contribution in [1.29, 1.82) is 0 Å². The predicted octanol–water partition coefficient (Wildman–Crippen LogP) is 1.91. The monoisotopic (exact) mass is 284 g/mol. The Morgan fingerprint density at radius 1 is 1.26 bits per heavy atom. The van der Waals surface area contributed by atoms with Gasteiger partial charge in [-0.2, -0.15) is 0 Å². The van der Waals surface area contributed by atoms with Crippen LogP contribution in [0.25, 0.3) is 0 Å². The van der Waals surface area contributed by atoms with Gasteiger partial charge in [-0.05, 0) is 38.5 Å². The van der Waals surface area contributed by atoms with Gasteiger partial charge in [-0.25, -0.2) is 0 Å². The van der Waals surface area contributed by atoms with Gasteiger partial charge in [-0.1, -0.05) is 18.6 Å². The minimum absolute atomic E-state index is 0.113. The largest absolute Gasteiger partial charge is 0.393 e. The van der Waals surface area contributed by atoms with Crippen molar-refractivity contribution in [3.63, 3.8) is 0 Å². The van der Waals surface area contributed by atoms with E-state index >= 15 is 0 Å². The molecule has 4 nitrogen and oxygen atoms in total. The maximum atomic E-state index is 12.0. The van der Waals surface area contributed by atoms with E-state index in [2.05, 4.69) is 5.32 Å². The molecular formula is C14H24N2O2S. The van der Waals surface area contributed by atoms with Crippen molar-refractivity contribution in [2.24, 2.45) is 11.7 Å². The Kier molecular flexibility index (Phi) is 5.58. The van der Waals surface area contributed by atoms with E-state index < -0.39 is 0 Å². The van der Waals surface area contributed by atoms with Gasteiger partial charge in [0.25, 0.3) is 0 Å². The minimum Gasteiger partial charge on any atom is -0.393 e. The molecule has 2 aliphatic rings. The van der Waals surface area contributed by atoms with Crippen LogP contribution in [0.1, 0.15) is 51.4 Å². The van der Waals surface area contributed by atoms with Crippen LogP contribution in [0.4, 0.5) is 0 Å². The summed E-state index contributed by atoms with van der Waals surface area (Å²) in [5, 5.41) is 3.09. The molecule has 1 amide bonds. The Balaban J connectivity index is 1.70. The summed E-state index contributed by atoms with van der Waals surface area (Å²) in [6.07, 6.45) is 8.21. The molecule has 0 spiro atoms. The summed E-state index contributed by atoms with van der Waals surface area (Å²) in [4.78, 5) is 12.5. The number of rotatable bonds is 5. The van der Waals surface area contributed by atoms with Crippen LogP contribution in [-0.4, -0.2) is 29.6 Å². The second kappa shape index (κ2) is 7.20. The molecule has 0 aromatic carbocycles. The fraction of sp³-hybridized carbons (Fsp3) is 0.857. The van der Waals surface area contributed by atoms with Crippen molar-refractivity contribution in [3.05, 3.63) is 0 Å². The van der Waals surface area contributed by atoms with Crippen molar-refractivity contribution >= 4 is 23.1 Å². The highest BCUT2D eigenvalue weighted by Crippen LogP contribution is 2.26. The summed E-state index contributed by atoms with van der Waals surface area (Å²) in [5.74, 6) is 0.298. The second-order valence-corrected chi connectivity index (χ2v) is 6.11. The van der Waals surface area contributed by atoms with E-state index in [0.717, 1.165) is 45.1 Å². The molecule has 1 aliphatic carbocycles. The molecule has 0 aromatic rings. The first-order valence-electron chi connectivity index (χ1n) is 7.37. The molecule has 108 valence electrons. The maximum absolute atomic E-state index is 12.0. The normalized spacial score (nSPS) is 31.1. The number of thiocarbonyl (C=S) groups is 1. The third-order valence-electron chi connectivity index (χ3n) is 4.20. The molecule has 1 saturated heterocycles. The number of hydrogen-bond donors (Lipinski definition) is 2. The van der Waals surface area contributed by atoms with Crippen LogP contribution in [0.5, 0.6) is 0 Å². The average molecular weight is 284 g/mol. The average Bonchev–Trinajstić information content (AvgIpc) is 2.86. The third-order valence-corrected chi connectivity index (χ3v) is 4.50. The predicted molar refractivity (Wildman–Crippen MR) is 78.9 cm³/mol. The summed E-state index contributed by atoms with van der Waals surface area (Å²) in [6, 6.07) is 0.150. The van der Waals surface area contributed by atoms with Gasteiger partial charge in [0.1, 0.15) is 0 Å². The first-order valence-corrected chi connectivity index (χ1v) is 7.78. The van der Waals surface area contributed by atoms with Gasteiger partial charge in [-0.3, -0.25) is 4.79 Å². The van der Waals surface area contributed by atoms with Crippen molar-refractivity contribution in [2.45, 2.75) is 63.5 Å². The van der Waals surface area contributed by atoms with Gasteiger partial charge in [0, 0.05) is 25.0 Å². The van der Waals surface area contributed by atoms with Gasteiger partial charge in [-0.15, -0.1) is 0 Å². The Hall–Kier alpha value is -0.680. The number of nitrogens with two attached hydrogens (primary N) is 1. The zero-order valence-corrected chi connectivity index (χ0v) is 12.2. The summed E-state index contributed by atoms with van der Waals surface area (Å²) in [7, 11) is 0. The SMILES string of the molecule is NC(=S)C1CCCC1NC(=O)CCC1CCCCO1. The smallest absolute Gasteiger partial charge is 0.220 e. The molecule has 1 heterocycles. The molecule has 1 saturated carbocycles. The van der Waals surface area contributed by atoms with Crippen LogP contribution >= 0.6 is 12.2 Å². The molecule has 1 aliphatic heterocycles. The topological polar surface area (TPSA) is 64.3 Å². The number of amides is 1. The molecule has 3 unspecified atom stereocenters. The Labute approximate surface area is 120 Å². The number of nitrogens with one attached hydrogen (secondary N) is 1. The van der Waals surface area contributed by atoms with E-state index in [1.165, 1.54) is 6.42 Å². The number of ether oxygens (including phenoxy) is 1. The lowest BCUT2D eigenvalue weighted by molar-refractivity contribution is -0.122. The molecule has 0 bridgehead atoms. The van der Waals surface area contributed by atoms with Gasteiger partial charge >= 0.3 is 0 Å². The van der Waals surface area contributed by atoms with Gasteiger partial charge < -0.3 is 15.8 Å². The molecule has 19 heavy (non-hydrogen) atoms. The number of carbonyl (C=O) groups excluding carboxylic acids is 1. The first kappa shape index (κ1) is 14.7. The minimum atomic E-state index is 0.113. The number of carbonyl (C=O) groups is 1. The number of hydrogen-bond acceptors (Lipinski definition) is 3. The van der Waals surface area contributed by atoms with E-state index in [1.807, 2.05) is 0 Å². The van der Waals surface area contributed by atoms with Crippen molar-refractivity contribution in [1.82, 2.24) is 5.32 Å². The zero-order valence-electron chi connectivity index (χ0n) is 11.4. The van der Waals surface area contributed by atoms with E-state index in [1.54, 1.807) is 0 Å². The summed E-state index contributed by atoms with van der Waals surface area (Å²) in [6.45, 7) is 0.846. The van der Waals surface area contributed by atoms with Gasteiger partial charge in [0.15, 0.2) is 0 Å². The third kappa shape index (κ3) is 4.42. The van der Waals surface area contributed by atoms with Gasteiger partial charge in [0.05, 0.1) is 11.1 Å². The lowest BCUT2D eigenvalue weighted by Crippen LogP contribution is -2.41. The molecule has 5 heteroatoms. The van der Waals surface area contributed by atoms with Crippen molar-refractivity contribution in [2.75, 3.05) is 6.61 Å². The van der Waals surface area contributed by atoms with Crippen LogP contribution in [0.3, 0.4) is 0 Å². The first-order chi connectivity index (χ1) is 9.16. The fourth-order valence-electron chi connectivity index (χ4n) is 3.08. The molecule has 2 rings (SSSR count). The van der Waals surface area contributed by atoms with Crippen LogP contribution < -0.4 is 11.1 Å². The molecule has 0 aromatic heterocycles. The lowest BCUT2D eigenvalue weighted by atomic mass is 10.0. The standard InChI is InChI=1S/C14H24N2O2S/c15-14(19)11-5-3-6-12(11)16-13(17)8-7-10-4-1-2-9-18-10/h10-12H,1-9H2,(H2,15,19)(H,16,17). The molecule has 0 radical (unpaired) electrons. The van der Waals surface area contributed by atoms with Crippen LogP contribution in [0.2, 0.25) is 0 Å². The zero-order chi connectivity index (χ0) is 13.7. The molecular weight excluding hydrogens is 260 g/mol. The van der Waals surface area contributed by atoms with E-state index in [0.29, 0.717) is 11.4 Å². The molecule has 2 fully saturated rings. The van der Waals surface area contributed by atoms with Crippen LogP contribution in [-0.2, 0) is 9.53 Å². The Bertz CT molecular complexity index is 329. The quantitative estimate of drug-likeness (QED) is 0.757. The summed E-state index contributed by atoms with van der Waals surface area (Å²) in [5.41, 5.74) is 5.71. The molecule has 3 atom stereocenters. The summed E-state index contributed by atoms with van der Waals surface area (Å²) >= 11 is 5.06. The Morgan fingerprint density at radius 2 is 2.11 bits per heavy atom. The molecule has 3 N–H and O–H groups in total. The highest BCUT2D eigenvalue weighted by Gasteiger charge is 2.30. The fourth-order valence-corrected chi connectivity index (χ4v) is 3.36. The summed E-state index contributed by atoms with van der Waals surface area (Å²) < 4.78 is 5.64. The second-order valence-electron chi connectivity index (χ2n) is 5.64. The van der Waals surface area contributed by atoms with Crippen molar-refractivity contribution < 1.29 is 9.53 Å². The highest BCUT2D eigenvalue weighted by atomic mass is 32.1. The van der Waals surface area contributed by atoms with Crippen LogP contribution in [0, 0.1) is 5.92 Å². The van der Waals surface area contributed by atoms with E-state index in [9.17, 15) is 4.79 Å². The lowest BCUT2D eigenvalue weighted by Gasteiger charge is -2.23. The van der Waals surface area contributed by atoms with Crippen molar-refractivity contribution in [3.8, 4) is 0 Å². The highest BCUT2D eigenvalue weighted by molar-refractivity contribution is 7.80. The van der Waals surface area contributed by atoms with E-state index in [-0.39, 0.29) is 24.0 Å². The van der Waals surface area contributed by atoms with Crippen LogP contribution in [0.15, 0.2) is 0 Å². The van der Waals surface area contributed by atoms with Gasteiger partial charge in [0.2, 0.25) is 5.91 Å². The maximum Gasteiger partial charge on any atom is 0.220 e. The van der Waals surface area contributed by atoms with E-state index in [4.69, 9.17) is 22.7 Å². The Morgan fingerprint density at radius 3 is 2.79 bits per heavy atom.